The van der Waals surface area contributed by atoms with Crippen LogP contribution in [0, 0.1) is 0 Å². The molecule has 1 aliphatic rings. The van der Waals surface area contributed by atoms with Gasteiger partial charge in [-0.05, 0) is 56.8 Å². The molecule has 4 aromatic carbocycles. The van der Waals surface area contributed by atoms with Crippen LogP contribution in [-0.4, -0.2) is 5.11 Å². The van der Waals surface area contributed by atoms with Crippen LogP contribution in [0.15, 0.2) is 72.8 Å². The molecule has 110 valence electrons. The molecular formula is C22H16O. The molecule has 0 spiro atoms. The van der Waals surface area contributed by atoms with E-state index in [1.807, 2.05) is 18.2 Å². The smallest absolute Gasteiger partial charge is 0.116 e. The van der Waals surface area contributed by atoms with Crippen LogP contribution in [0.4, 0.5) is 0 Å². The Morgan fingerprint density at radius 1 is 0.739 bits per heavy atom. The Bertz CT molecular complexity index is 1060. The summed E-state index contributed by atoms with van der Waals surface area (Å²) in [7, 11) is 0. The van der Waals surface area contributed by atoms with Crippen molar-refractivity contribution in [2.75, 3.05) is 0 Å². The van der Waals surface area contributed by atoms with Crippen molar-refractivity contribution in [2.24, 2.45) is 0 Å². The third kappa shape index (κ3) is 1.80. The summed E-state index contributed by atoms with van der Waals surface area (Å²) in [6, 6.07) is 25.2. The maximum atomic E-state index is 10.2. The predicted octanol–water partition coefficient (Wildman–Crippen LogP) is 5.39. The first-order chi connectivity index (χ1) is 11.3. The van der Waals surface area contributed by atoms with E-state index in [0.29, 0.717) is 11.7 Å². The van der Waals surface area contributed by atoms with Crippen molar-refractivity contribution in [3.05, 3.63) is 89.5 Å². The van der Waals surface area contributed by atoms with Gasteiger partial charge in [0.1, 0.15) is 5.75 Å². The van der Waals surface area contributed by atoms with Gasteiger partial charge in [-0.15, -0.1) is 0 Å². The topological polar surface area (TPSA) is 20.2 Å². The Kier molecular flexibility index (Phi) is 2.54. The minimum atomic E-state index is 0.313. The zero-order chi connectivity index (χ0) is 15.4. The Balaban J connectivity index is 1.81. The van der Waals surface area contributed by atoms with E-state index in [1.54, 1.807) is 0 Å². The van der Waals surface area contributed by atoms with E-state index in [2.05, 4.69) is 54.6 Å². The van der Waals surface area contributed by atoms with Crippen molar-refractivity contribution in [3.8, 4) is 5.75 Å². The number of rotatable bonds is 1. The van der Waals surface area contributed by atoms with Gasteiger partial charge in [-0.25, -0.2) is 0 Å². The van der Waals surface area contributed by atoms with E-state index in [4.69, 9.17) is 0 Å². The normalized spacial score (nSPS) is 16.3. The second kappa shape index (κ2) is 4.60. The maximum absolute atomic E-state index is 10.2. The van der Waals surface area contributed by atoms with Crippen LogP contribution in [0.25, 0.3) is 21.5 Å². The fourth-order valence-corrected chi connectivity index (χ4v) is 4.13. The first-order valence-electron chi connectivity index (χ1n) is 8.03. The van der Waals surface area contributed by atoms with Gasteiger partial charge in [-0.3, -0.25) is 0 Å². The number of phenols is 1. The van der Waals surface area contributed by atoms with Gasteiger partial charge in [0, 0.05) is 5.92 Å². The standard InChI is InChI=1S/C22H16O/c23-17-11-15-5-1-2-9-18(15)21(13-17)20-12-16-8-3-6-14-7-4-10-19(20)22(14)16/h1-11,13,20,23H,12H2. The summed E-state index contributed by atoms with van der Waals surface area (Å²) in [6.45, 7) is 0. The van der Waals surface area contributed by atoms with Gasteiger partial charge >= 0.3 is 0 Å². The molecule has 0 bridgehead atoms. The zero-order valence-electron chi connectivity index (χ0n) is 12.7. The van der Waals surface area contributed by atoms with Crippen LogP contribution in [-0.2, 0) is 6.42 Å². The lowest BCUT2D eigenvalue weighted by Gasteiger charge is -2.16. The van der Waals surface area contributed by atoms with Crippen LogP contribution in [0.1, 0.15) is 22.6 Å². The molecule has 5 rings (SSSR count). The summed E-state index contributed by atoms with van der Waals surface area (Å²) in [5.41, 5.74) is 4.02. The van der Waals surface area contributed by atoms with E-state index in [9.17, 15) is 5.11 Å². The van der Waals surface area contributed by atoms with Crippen molar-refractivity contribution in [1.82, 2.24) is 0 Å². The van der Waals surface area contributed by atoms with Crippen molar-refractivity contribution >= 4 is 21.5 Å². The van der Waals surface area contributed by atoms with E-state index in [-0.39, 0.29) is 0 Å². The number of hydrogen-bond acceptors (Lipinski definition) is 1. The number of phenolic OH excluding ortho intramolecular Hbond substituents is 1. The summed E-state index contributed by atoms with van der Waals surface area (Å²) in [6.07, 6.45) is 1.00. The average molecular weight is 296 g/mol. The van der Waals surface area contributed by atoms with Gasteiger partial charge in [-0.1, -0.05) is 60.7 Å². The SMILES string of the molecule is Oc1cc(C2Cc3cccc4cccc2c34)c2ccccc2c1. The third-order valence-corrected chi connectivity index (χ3v) is 5.08. The summed E-state index contributed by atoms with van der Waals surface area (Å²) in [5, 5.41) is 15.2. The molecule has 0 heterocycles. The summed E-state index contributed by atoms with van der Waals surface area (Å²) < 4.78 is 0. The zero-order valence-corrected chi connectivity index (χ0v) is 12.7. The molecular weight excluding hydrogens is 280 g/mol. The predicted molar refractivity (Wildman–Crippen MR) is 95.1 cm³/mol. The Labute approximate surface area is 134 Å². The van der Waals surface area contributed by atoms with E-state index in [0.717, 1.165) is 11.8 Å². The number of aromatic hydroxyl groups is 1. The second-order valence-electron chi connectivity index (χ2n) is 6.38. The second-order valence-corrected chi connectivity index (χ2v) is 6.38. The van der Waals surface area contributed by atoms with Crippen LogP contribution < -0.4 is 0 Å². The lowest BCUT2D eigenvalue weighted by Crippen LogP contribution is -2.00. The molecule has 0 saturated heterocycles. The molecule has 0 aromatic heterocycles. The molecule has 23 heavy (non-hydrogen) atoms. The molecule has 0 radical (unpaired) electrons. The van der Waals surface area contributed by atoms with Gasteiger partial charge in [0.15, 0.2) is 0 Å². The molecule has 1 heteroatoms. The van der Waals surface area contributed by atoms with Crippen LogP contribution >= 0.6 is 0 Å². The van der Waals surface area contributed by atoms with Gasteiger partial charge in [-0.2, -0.15) is 0 Å². The molecule has 1 N–H and O–H groups in total. The van der Waals surface area contributed by atoms with Crippen molar-refractivity contribution in [1.29, 1.82) is 0 Å². The molecule has 0 fully saturated rings. The highest BCUT2D eigenvalue weighted by Gasteiger charge is 2.27. The highest BCUT2D eigenvalue weighted by atomic mass is 16.3. The third-order valence-electron chi connectivity index (χ3n) is 5.08. The van der Waals surface area contributed by atoms with Crippen molar-refractivity contribution in [2.45, 2.75) is 12.3 Å². The monoisotopic (exact) mass is 296 g/mol. The fraction of sp³-hybridized carbons (Fsp3) is 0.0909. The Hall–Kier alpha value is -2.80. The molecule has 0 amide bonds. The number of benzene rings is 4. The first kappa shape index (κ1) is 12.7. The van der Waals surface area contributed by atoms with Gasteiger partial charge in [0.05, 0.1) is 0 Å². The van der Waals surface area contributed by atoms with Crippen LogP contribution in [0.2, 0.25) is 0 Å². The molecule has 1 unspecified atom stereocenters. The van der Waals surface area contributed by atoms with Crippen molar-refractivity contribution < 1.29 is 5.11 Å². The highest BCUT2D eigenvalue weighted by Crippen LogP contribution is 2.44. The van der Waals surface area contributed by atoms with Gasteiger partial charge in [0.25, 0.3) is 0 Å². The molecule has 4 aromatic rings. The first-order valence-corrected chi connectivity index (χ1v) is 8.03. The number of fused-ring (bicyclic) bond motifs is 1. The summed E-state index contributed by atoms with van der Waals surface area (Å²) >= 11 is 0. The molecule has 0 saturated carbocycles. The Morgan fingerprint density at radius 2 is 1.52 bits per heavy atom. The minimum absolute atomic E-state index is 0.313. The van der Waals surface area contributed by atoms with E-state index in [1.165, 1.54) is 32.8 Å². The molecule has 0 aliphatic heterocycles. The quantitative estimate of drug-likeness (QED) is 0.499. The van der Waals surface area contributed by atoms with E-state index < -0.39 is 0 Å². The number of hydrogen-bond donors (Lipinski definition) is 1. The summed E-state index contributed by atoms with van der Waals surface area (Å²) in [4.78, 5) is 0. The van der Waals surface area contributed by atoms with E-state index >= 15 is 0 Å². The fourth-order valence-electron chi connectivity index (χ4n) is 4.13. The average Bonchev–Trinajstić information content (AvgIpc) is 2.95. The molecule has 1 nitrogen and oxygen atoms in total. The minimum Gasteiger partial charge on any atom is -0.508 e. The van der Waals surface area contributed by atoms with Crippen molar-refractivity contribution in [3.63, 3.8) is 0 Å². The molecule has 1 aliphatic carbocycles. The largest absolute Gasteiger partial charge is 0.508 e. The van der Waals surface area contributed by atoms with Gasteiger partial charge in [0.2, 0.25) is 0 Å². The maximum Gasteiger partial charge on any atom is 0.116 e. The lowest BCUT2D eigenvalue weighted by molar-refractivity contribution is 0.475. The Morgan fingerprint density at radius 3 is 2.43 bits per heavy atom. The van der Waals surface area contributed by atoms with Crippen LogP contribution in [0.5, 0.6) is 5.75 Å². The van der Waals surface area contributed by atoms with Gasteiger partial charge < -0.3 is 5.11 Å². The highest BCUT2D eigenvalue weighted by molar-refractivity contribution is 5.94. The molecule has 1 atom stereocenters. The van der Waals surface area contributed by atoms with Crippen LogP contribution in [0.3, 0.4) is 0 Å². The summed E-state index contributed by atoms with van der Waals surface area (Å²) in [5.74, 6) is 0.662. The lowest BCUT2D eigenvalue weighted by atomic mass is 9.88.